The van der Waals surface area contributed by atoms with E-state index in [0.29, 0.717) is 21.8 Å². The van der Waals surface area contributed by atoms with Crippen molar-refractivity contribution in [2.45, 2.75) is 24.8 Å². The van der Waals surface area contributed by atoms with Crippen molar-refractivity contribution in [3.05, 3.63) is 57.6 Å². The highest BCUT2D eigenvalue weighted by Crippen LogP contribution is 2.28. The summed E-state index contributed by atoms with van der Waals surface area (Å²) in [5, 5.41) is 1.31. The van der Waals surface area contributed by atoms with Crippen LogP contribution in [0.15, 0.2) is 40.4 Å². The molecule has 0 fully saturated rings. The molecule has 0 aliphatic heterocycles. The molecule has 3 aromatic rings. The Kier molecular flexibility index (Phi) is 4.57. The first kappa shape index (κ1) is 16.5. The van der Waals surface area contributed by atoms with Gasteiger partial charge in [-0.25, -0.2) is 4.98 Å². The van der Waals surface area contributed by atoms with Crippen molar-refractivity contribution < 1.29 is 4.74 Å². The topological polar surface area (TPSA) is 57.0 Å². The van der Waals surface area contributed by atoms with Crippen molar-refractivity contribution >= 4 is 22.7 Å². The smallest absolute Gasteiger partial charge is 0.261 e. The van der Waals surface area contributed by atoms with Gasteiger partial charge in [0.2, 0.25) is 0 Å². The van der Waals surface area contributed by atoms with Gasteiger partial charge in [0.1, 0.15) is 5.75 Å². The standard InChI is InChI=1S/C18H19N3O2S/c1-11-9-19-15(12(2)16(11)23-4)10-24-18-20-14-8-6-5-7-13(14)17(22)21(18)3/h5-9H,10H2,1-4H3. The van der Waals surface area contributed by atoms with Crippen LogP contribution in [0.1, 0.15) is 16.8 Å². The number of rotatable bonds is 4. The number of thioether (sulfide) groups is 1. The number of fused-ring (bicyclic) bond motifs is 1. The zero-order valence-corrected chi connectivity index (χ0v) is 15.0. The average molecular weight is 341 g/mol. The minimum absolute atomic E-state index is 0.0331. The van der Waals surface area contributed by atoms with Crippen LogP contribution >= 0.6 is 11.8 Å². The molecule has 6 heteroatoms. The molecule has 0 unspecified atom stereocenters. The van der Waals surface area contributed by atoms with Gasteiger partial charge in [-0.2, -0.15) is 0 Å². The van der Waals surface area contributed by atoms with E-state index >= 15 is 0 Å². The monoisotopic (exact) mass is 341 g/mol. The molecule has 0 atom stereocenters. The Bertz CT molecular complexity index is 966. The van der Waals surface area contributed by atoms with Gasteiger partial charge in [0.25, 0.3) is 5.56 Å². The van der Waals surface area contributed by atoms with Crippen molar-refractivity contribution in [3.8, 4) is 5.75 Å². The zero-order valence-electron chi connectivity index (χ0n) is 14.2. The lowest BCUT2D eigenvalue weighted by Gasteiger charge is -2.13. The largest absolute Gasteiger partial charge is 0.496 e. The first-order valence-electron chi connectivity index (χ1n) is 7.60. The summed E-state index contributed by atoms with van der Waals surface area (Å²) in [4.78, 5) is 21.6. The number of nitrogens with zero attached hydrogens (tertiary/aromatic N) is 3. The number of benzene rings is 1. The lowest BCUT2D eigenvalue weighted by atomic mass is 10.1. The molecule has 0 bridgehead atoms. The van der Waals surface area contributed by atoms with E-state index in [1.165, 1.54) is 11.8 Å². The molecule has 2 aromatic heterocycles. The van der Waals surface area contributed by atoms with Crippen molar-refractivity contribution in [1.29, 1.82) is 0 Å². The van der Waals surface area contributed by atoms with Crippen LogP contribution in [-0.4, -0.2) is 21.6 Å². The molecule has 24 heavy (non-hydrogen) atoms. The number of aryl methyl sites for hydroxylation is 1. The first-order chi connectivity index (χ1) is 11.5. The Hall–Kier alpha value is -2.34. The first-order valence-corrected chi connectivity index (χ1v) is 8.59. The molecule has 124 valence electrons. The molecule has 0 saturated carbocycles. The van der Waals surface area contributed by atoms with Gasteiger partial charge in [-0.05, 0) is 26.0 Å². The fourth-order valence-electron chi connectivity index (χ4n) is 2.68. The lowest BCUT2D eigenvalue weighted by Crippen LogP contribution is -2.20. The number of aromatic nitrogens is 3. The molecule has 0 amide bonds. The van der Waals surface area contributed by atoms with Crippen LogP contribution in [0.2, 0.25) is 0 Å². The minimum Gasteiger partial charge on any atom is -0.496 e. The zero-order chi connectivity index (χ0) is 17.3. The van der Waals surface area contributed by atoms with Gasteiger partial charge < -0.3 is 4.74 Å². The van der Waals surface area contributed by atoms with Crippen molar-refractivity contribution in [2.24, 2.45) is 7.05 Å². The molecule has 3 rings (SSSR count). The molecule has 5 nitrogen and oxygen atoms in total. The summed E-state index contributed by atoms with van der Waals surface area (Å²) in [5.41, 5.74) is 3.66. The third-order valence-electron chi connectivity index (χ3n) is 4.03. The Balaban J connectivity index is 1.94. The van der Waals surface area contributed by atoms with Crippen LogP contribution in [0.5, 0.6) is 5.75 Å². The molecule has 0 aliphatic carbocycles. The van der Waals surface area contributed by atoms with Gasteiger partial charge in [-0.15, -0.1) is 0 Å². The van der Waals surface area contributed by atoms with Crippen molar-refractivity contribution in [1.82, 2.24) is 14.5 Å². The Labute approximate surface area is 144 Å². The predicted molar refractivity (Wildman–Crippen MR) is 96.8 cm³/mol. The maximum atomic E-state index is 12.4. The Morgan fingerprint density at radius 2 is 2.00 bits per heavy atom. The summed E-state index contributed by atoms with van der Waals surface area (Å²) >= 11 is 1.50. The molecular weight excluding hydrogens is 322 g/mol. The van der Waals surface area contributed by atoms with E-state index in [1.807, 2.05) is 38.2 Å². The summed E-state index contributed by atoms with van der Waals surface area (Å²) in [6, 6.07) is 7.40. The SMILES string of the molecule is COc1c(C)cnc(CSc2nc3ccccc3c(=O)n2C)c1C. The third-order valence-corrected chi connectivity index (χ3v) is 5.07. The Morgan fingerprint density at radius 3 is 2.75 bits per heavy atom. The number of methoxy groups -OCH3 is 1. The van der Waals surface area contributed by atoms with E-state index < -0.39 is 0 Å². The second-order valence-corrected chi connectivity index (χ2v) is 6.55. The van der Waals surface area contributed by atoms with Gasteiger partial charge in [-0.3, -0.25) is 14.3 Å². The number of pyridine rings is 1. The van der Waals surface area contributed by atoms with Crippen molar-refractivity contribution in [3.63, 3.8) is 0 Å². The quantitative estimate of drug-likeness (QED) is 0.538. The minimum atomic E-state index is -0.0331. The fraction of sp³-hybridized carbons (Fsp3) is 0.278. The highest BCUT2D eigenvalue weighted by Gasteiger charge is 2.12. The van der Waals surface area contributed by atoms with E-state index in [2.05, 4.69) is 9.97 Å². The number of hydrogen-bond acceptors (Lipinski definition) is 5. The second kappa shape index (κ2) is 6.65. The van der Waals surface area contributed by atoms with Gasteiger partial charge in [0, 0.05) is 30.1 Å². The van der Waals surface area contributed by atoms with E-state index in [-0.39, 0.29) is 5.56 Å². The Morgan fingerprint density at radius 1 is 1.25 bits per heavy atom. The van der Waals surface area contributed by atoms with E-state index in [9.17, 15) is 4.79 Å². The molecule has 0 aliphatic rings. The van der Waals surface area contributed by atoms with Crippen LogP contribution < -0.4 is 10.3 Å². The molecular formula is C18H19N3O2S. The fourth-order valence-corrected chi connectivity index (χ4v) is 3.67. The molecule has 2 heterocycles. The van der Waals surface area contributed by atoms with Gasteiger partial charge in [-0.1, -0.05) is 23.9 Å². The van der Waals surface area contributed by atoms with Crippen LogP contribution in [-0.2, 0) is 12.8 Å². The molecule has 0 N–H and O–H groups in total. The highest BCUT2D eigenvalue weighted by atomic mass is 32.2. The van der Waals surface area contributed by atoms with E-state index in [1.54, 1.807) is 24.8 Å². The lowest BCUT2D eigenvalue weighted by molar-refractivity contribution is 0.407. The second-order valence-electron chi connectivity index (χ2n) is 5.61. The van der Waals surface area contributed by atoms with Gasteiger partial charge in [0.15, 0.2) is 5.16 Å². The molecule has 0 saturated heterocycles. The maximum absolute atomic E-state index is 12.4. The van der Waals surface area contributed by atoms with E-state index in [0.717, 1.165) is 22.6 Å². The van der Waals surface area contributed by atoms with Crippen LogP contribution in [0.25, 0.3) is 10.9 Å². The third kappa shape index (κ3) is 2.89. The van der Waals surface area contributed by atoms with Crippen molar-refractivity contribution in [2.75, 3.05) is 7.11 Å². The highest BCUT2D eigenvalue weighted by molar-refractivity contribution is 7.98. The molecule has 0 spiro atoms. The average Bonchev–Trinajstić information content (AvgIpc) is 2.58. The molecule has 0 radical (unpaired) electrons. The number of hydrogen-bond donors (Lipinski definition) is 0. The summed E-state index contributed by atoms with van der Waals surface area (Å²) in [6.07, 6.45) is 1.81. The van der Waals surface area contributed by atoms with Gasteiger partial charge >= 0.3 is 0 Å². The molecule has 1 aromatic carbocycles. The summed E-state index contributed by atoms with van der Waals surface area (Å²) in [5.74, 6) is 1.49. The van der Waals surface area contributed by atoms with Crippen LogP contribution in [0.4, 0.5) is 0 Å². The maximum Gasteiger partial charge on any atom is 0.261 e. The van der Waals surface area contributed by atoms with Crippen LogP contribution in [0, 0.1) is 13.8 Å². The normalized spacial score (nSPS) is 11.0. The summed E-state index contributed by atoms with van der Waals surface area (Å²) in [6.45, 7) is 3.98. The van der Waals surface area contributed by atoms with Crippen LogP contribution in [0.3, 0.4) is 0 Å². The number of para-hydroxylation sites is 1. The predicted octanol–water partition coefficient (Wildman–Crippen LogP) is 3.25. The number of ether oxygens (including phenoxy) is 1. The van der Waals surface area contributed by atoms with E-state index in [4.69, 9.17) is 4.74 Å². The summed E-state index contributed by atoms with van der Waals surface area (Å²) in [7, 11) is 3.42. The van der Waals surface area contributed by atoms with Gasteiger partial charge in [0.05, 0.1) is 23.7 Å². The summed E-state index contributed by atoms with van der Waals surface area (Å²) < 4.78 is 7.04.